The van der Waals surface area contributed by atoms with Crippen molar-refractivity contribution in [2.45, 2.75) is 53.0 Å². The average molecular weight is 432 g/mol. The molecule has 7 heteroatoms. The van der Waals surface area contributed by atoms with Gasteiger partial charge in [0.2, 0.25) is 0 Å². The van der Waals surface area contributed by atoms with E-state index < -0.39 is 0 Å². The molecule has 2 amide bonds. The van der Waals surface area contributed by atoms with Gasteiger partial charge in [-0.15, -0.1) is 0 Å². The molecule has 1 fully saturated rings. The van der Waals surface area contributed by atoms with E-state index in [0.29, 0.717) is 22.6 Å². The van der Waals surface area contributed by atoms with Gasteiger partial charge in [-0.25, -0.2) is 9.67 Å². The number of benzene rings is 1. The molecule has 1 saturated heterocycles. The van der Waals surface area contributed by atoms with E-state index in [1.807, 2.05) is 37.8 Å². The first-order valence-electron chi connectivity index (χ1n) is 11.1. The van der Waals surface area contributed by atoms with Crippen LogP contribution in [-0.4, -0.2) is 44.1 Å². The third-order valence-electron chi connectivity index (χ3n) is 6.02. The molecular formula is C25H29N5O2. The summed E-state index contributed by atoms with van der Waals surface area (Å²) < 4.78 is 1.75. The van der Waals surface area contributed by atoms with Crippen LogP contribution in [0.15, 0.2) is 42.6 Å². The molecular weight excluding hydrogens is 402 g/mol. The van der Waals surface area contributed by atoms with Crippen LogP contribution in [0.4, 0.5) is 5.69 Å². The van der Waals surface area contributed by atoms with E-state index in [9.17, 15) is 9.59 Å². The molecule has 0 saturated carbocycles. The van der Waals surface area contributed by atoms with Crippen LogP contribution in [0.5, 0.6) is 0 Å². The zero-order chi connectivity index (χ0) is 22.8. The van der Waals surface area contributed by atoms with Crippen molar-refractivity contribution in [3.05, 3.63) is 70.7 Å². The first-order valence-corrected chi connectivity index (χ1v) is 11.1. The fourth-order valence-electron chi connectivity index (χ4n) is 4.20. The Morgan fingerprint density at radius 3 is 2.44 bits per heavy atom. The van der Waals surface area contributed by atoms with E-state index in [-0.39, 0.29) is 17.9 Å². The molecule has 1 atom stereocenters. The topological polar surface area (TPSA) is 80.1 Å². The van der Waals surface area contributed by atoms with Crippen molar-refractivity contribution in [1.29, 1.82) is 0 Å². The number of pyridine rings is 1. The zero-order valence-corrected chi connectivity index (χ0v) is 19.1. The molecule has 3 heterocycles. The van der Waals surface area contributed by atoms with Gasteiger partial charge in [0.05, 0.1) is 11.3 Å². The van der Waals surface area contributed by atoms with Gasteiger partial charge in [-0.1, -0.05) is 0 Å². The number of carbonyl (C=O) groups excluding carboxylic acids is 2. The second kappa shape index (κ2) is 8.94. The van der Waals surface area contributed by atoms with Gasteiger partial charge in [0.15, 0.2) is 5.82 Å². The highest BCUT2D eigenvalue weighted by Crippen LogP contribution is 2.23. The number of rotatable bonds is 4. The summed E-state index contributed by atoms with van der Waals surface area (Å²) in [4.78, 5) is 32.0. The summed E-state index contributed by atoms with van der Waals surface area (Å²) in [6.07, 6.45) is 4.82. The number of anilines is 1. The van der Waals surface area contributed by atoms with Crippen molar-refractivity contribution in [3.63, 3.8) is 0 Å². The van der Waals surface area contributed by atoms with Gasteiger partial charge in [0, 0.05) is 35.7 Å². The molecule has 4 rings (SSSR count). The van der Waals surface area contributed by atoms with Crippen molar-refractivity contribution < 1.29 is 9.59 Å². The molecule has 1 N–H and O–H groups in total. The number of aryl methyl sites for hydroxylation is 3. The number of hydrogen-bond donors (Lipinski definition) is 1. The van der Waals surface area contributed by atoms with Gasteiger partial charge in [-0.05, 0) is 88.9 Å². The number of amides is 2. The molecule has 0 bridgehead atoms. The molecule has 1 unspecified atom stereocenters. The van der Waals surface area contributed by atoms with Crippen molar-refractivity contribution in [2.75, 3.05) is 11.9 Å². The number of likely N-dealkylation sites (tertiary alicyclic amines) is 1. The maximum Gasteiger partial charge on any atom is 0.257 e. The predicted molar refractivity (Wildman–Crippen MR) is 124 cm³/mol. The SMILES string of the molecule is Cc1cc(C)n(-c2ccc(C(=O)Nc3ccc(C(=O)N4CCCCC4C)cc3C)cn2)n1. The van der Waals surface area contributed by atoms with Crippen LogP contribution in [0.1, 0.15) is 63.9 Å². The van der Waals surface area contributed by atoms with Gasteiger partial charge < -0.3 is 10.2 Å². The van der Waals surface area contributed by atoms with Crippen LogP contribution in [0.2, 0.25) is 0 Å². The second-order valence-corrected chi connectivity index (χ2v) is 8.57. The summed E-state index contributed by atoms with van der Waals surface area (Å²) in [5, 5.41) is 7.35. The van der Waals surface area contributed by atoms with Crippen LogP contribution in [0.25, 0.3) is 5.82 Å². The Balaban J connectivity index is 1.46. The lowest BCUT2D eigenvalue weighted by Crippen LogP contribution is -2.42. The largest absolute Gasteiger partial charge is 0.336 e. The van der Waals surface area contributed by atoms with Crippen molar-refractivity contribution in [3.8, 4) is 5.82 Å². The average Bonchev–Trinajstić information content (AvgIpc) is 3.13. The normalized spacial score (nSPS) is 16.1. The molecule has 1 aliphatic rings. The Morgan fingerprint density at radius 1 is 1.03 bits per heavy atom. The maximum atomic E-state index is 12.9. The first kappa shape index (κ1) is 21.7. The Labute approximate surface area is 188 Å². The maximum absolute atomic E-state index is 12.9. The van der Waals surface area contributed by atoms with Crippen LogP contribution >= 0.6 is 0 Å². The molecule has 166 valence electrons. The lowest BCUT2D eigenvalue weighted by atomic mass is 10.0. The van der Waals surface area contributed by atoms with Crippen LogP contribution < -0.4 is 5.32 Å². The summed E-state index contributed by atoms with van der Waals surface area (Å²) in [5.41, 5.74) is 4.54. The van der Waals surface area contributed by atoms with Crippen LogP contribution in [0, 0.1) is 20.8 Å². The lowest BCUT2D eigenvalue weighted by molar-refractivity contribution is 0.0635. The fraction of sp³-hybridized carbons (Fsp3) is 0.360. The Bertz CT molecular complexity index is 1150. The van der Waals surface area contributed by atoms with Crippen LogP contribution in [-0.2, 0) is 0 Å². The van der Waals surface area contributed by atoms with Crippen molar-refractivity contribution in [2.24, 2.45) is 0 Å². The molecule has 1 aromatic carbocycles. The highest BCUT2D eigenvalue weighted by Gasteiger charge is 2.24. The standard InChI is InChI=1S/C25H29N5O2/c1-16-13-20(25(32)29-12-6-5-7-18(29)3)8-10-22(16)27-24(31)21-9-11-23(26-15-21)30-19(4)14-17(2)28-30/h8-11,13-15,18H,5-7,12H2,1-4H3,(H,27,31). The number of piperidine rings is 1. The first-order chi connectivity index (χ1) is 15.3. The number of nitrogens with one attached hydrogen (secondary N) is 1. The van der Waals surface area contributed by atoms with E-state index in [1.165, 1.54) is 6.42 Å². The number of aromatic nitrogens is 3. The lowest BCUT2D eigenvalue weighted by Gasteiger charge is -2.33. The summed E-state index contributed by atoms with van der Waals surface area (Å²) in [7, 11) is 0. The number of carbonyl (C=O) groups is 2. The third kappa shape index (κ3) is 4.42. The summed E-state index contributed by atoms with van der Waals surface area (Å²) in [6, 6.07) is 11.2. The summed E-state index contributed by atoms with van der Waals surface area (Å²) in [6.45, 7) is 8.70. The third-order valence-corrected chi connectivity index (χ3v) is 6.02. The van der Waals surface area contributed by atoms with E-state index >= 15 is 0 Å². The van der Waals surface area contributed by atoms with E-state index in [4.69, 9.17) is 0 Å². The minimum absolute atomic E-state index is 0.0575. The van der Waals surface area contributed by atoms with Crippen molar-refractivity contribution >= 4 is 17.5 Å². The van der Waals surface area contributed by atoms with Gasteiger partial charge in [0.25, 0.3) is 11.8 Å². The van der Waals surface area contributed by atoms with E-state index in [1.54, 1.807) is 35.1 Å². The molecule has 0 spiro atoms. The highest BCUT2D eigenvalue weighted by atomic mass is 16.2. The van der Waals surface area contributed by atoms with Gasteiger partial charge >= 0.3 is 0 Å². The Kier molecular flexibility index (Phi) is 6.08. The van der Waals surface area contributed by atoms with E-state index in [0.717, 1.165) is 36.3 Å². The molecule has 2 aromatic heterocycles. The molecule has 32 heavy (non-hydrogen) atoms. The smallest absolute Gasteiger partial charge is 0.257 e. The minimum atomic E-state index is -0.246. The minimum Gasteiger partial charge on any atom is -0.336 e. The highest BCUT2D eigenvalue weighted by molar-refractivity contribution is 6.05. The van der Waals surface area contributed by atoms with Gasteiger partial charge in [0.1, 0.15) is 0 Å². The van der Waals surface area contributed by atoms with Crippen LogP contribution in [0.3, 0.4) is 0 Å². The number of hydrogen-bond acceptors (Lipinski definition) is 4. The molecule has 0 radical (unpaired) electrons. The molecule has 3 aromatic rings. The van der Waals surface area contributed by atoms with Crippen molar-refractivity contribution in [1.82, 2.24) is 19.7 Å². The summed E-state index contributed by atoms with van der Waals surface area (Å²) in [5.74, 6) is 0.476. The number of nitrogens with zero attached hydrogens (tertiary/aromatic N) is 4. The molecule has 7 nitrogen and oxygen atoms in total. The Hall–Kier alpha value is -3.48. The zero-order valence-electron chi connectivity index (χ0n) is 19.1. The predicted octanol–water partition coefficient (Wildman–Crippen LogP) is 4.46. The molecule has 1 aliphatic heterocycles. The van der Waals surface area contributed by atoms with E-state index in [2.05, 4.69) is 22.3 Å². The fourth-order valence-corrected chi connectivity index (χ4v) is 4.20. The van der Waals surface area contributed by atoms with Gasteiger partial charge in [-0.2, -0.15) is 5.10 Å². The summed E-state index contributed by atoms with van der Waals surface area (Å²) >= 11 is 0. The monoisotopic (exact) mass is 431 g/mol. The van der Waals surface area contributed by atoms with Gasteiger partial charge in [-0.3, -0.25) is 9.59 Å². The Morgan fingerprint density at radius 2 is 1.81 bits per heavy atom. The quantitative estimate of drug-likeness (QED) is 0.661. The second-order valence-electron chi connectivity index (χ2n) is 8.57. The molecule has 0 aliphatic carbocycles.